The molecule has 2 aromatic carbocycles. The summed E-state index contributed by atoms with van der Waals surface area (Å²) in [5.74, 6) is -0.382. The van der Waals surface area contributed by atoms with E-state index >= 15 is 0 Å². The van der Waals surface area contributed by atoms with Crippen LogP contribution in [0.3, 0.4) is 0 Å². The summed E-state index contributed by atoms with van der Waals surface area (Å²) in [7, 11) is 0. The Labute approximate surface area is 163 Å². The second-order valence-corrected chi connectivity index (χ2v) is 6.99. The van der Waals surface area contributed by atoms with Gasteiger partial charge in [0.25, 0.3) is 11.6 Å². The molecule has 0 bridgehead atoms. The molecule has 0 aliphatic heterocycles. The molecule has 3 aromatic rings. The molecular weight excluding hydrogens is 390 g/mol. The monoisotopic (exact) mass is 403 g/mol. The molecule has 0 spiro atoms. The minimum atomic E-state index is -0.580. The van der Waals surface area contributed by atoms with Gasteiger partial charge in [-0.15, -0.1) is 0 Å². The van der Waals surface area contributed by atoms with Crippen LogP contribution in [0.4, 0.5) is 10.8 Å². The highest BCUT2D eigenvalue weighted by Crippen LogP contribution is 2.25. The summed E-state index contributed by atoms with van der Waals surface area (Å²) in [4.78, 5) is 26.8. The Balaban J connectivity index is 1.62. The second kappa shape index (κ2) is 8.11. The lowest BCUT2D eigenvalue weighted by molar-refractivity contribution is -0.384. The van der Waals surface area contributed by atoms with Crippen LogP contribution in [0.15, 0.2) is 47.6 Å². The fraction of sp³-hybridized carbons (Fsp3) is 0.118. The van der Waals surface area contributed by atoms with Crippen LogP contribution in [0, 0.1) is 10.1 Å². The first-order valence-corrected chi connectivity index (χ1v) is 9.02. The first-order chi connectivity index (χ1) is 12.9. The maximum absolute atomic E-state index is 12.2. The molecule has 1 aromatic heterocycles. The summed E-state index contributed by atoms with van der Waals surface area (Å²) in [5.41, 5.74) is 3.45. The van der Waals surface area contributed by atoms with Crippen molar-refractivity contribution in [2.75, 3.05) is 5.32 Å². The van der Waals surface area contributed by atoms with Gasteiger partial charge in [0.1, 0.15) is 6.04 Å². The molecule has 2 N–H and O–H groups in total. The number of halogens is 1. The SMILES string of the molecule is C[C@@H](Nc1nc2ccccc2s1)C(=O)N/N=C\c1cc([N+](=O)[O-])ccc1Cl. The normalized spacial score (nSPS) is 12.2. The fourth-order valence-corrected chi connectivity index (χ4v) is 3.31. The smallest absolute Gasteiger partial charge is 0.270 e. The molecule has 138 valence electrons. The van der Waals surface area contributed by atoms with Crippen LogP contribution in [-0.4, -0.2) is 28.1 Å². The van der Waals surface area contributed by atoms with E-state index in [1.54, 1.807) is 6.92 Å². The van der Waals surface area contributed by atoms with Gasteiger partial charge in [0.15, 0.2) is 5.13 Å². The number of hydrazone groups is 1. The average Bonchev–Trinajstić information content (AvgIpc) is 3.05. The molecule has 27 heavy (non-hydrogen) atoms. The van der Waals surface area contributed by atoms with E-state index in [9.17, 15) is 14.9 Å². The highest BCUT2D eigenvalue weighted by atomic mass is 35.5. The Kier molecular flexibility index (Phi) is 5.63. The Bertz CT molecular complexity index is 1000. The standard InChI is InChI=1S/C17H14ClN5O3S/c1-10(20-17-21-14-4-2-3-5-15(14)27-17)16(24)22-19-9-11-8-12(23(25)26)6-7-13(11)18/h2-10H,1H3,(H,20,21)(H,22,24)/b19-9-/t10-/m1/s1. The molecular formula is C17H14ClN5O3S. The minimum absolute atomic E-state index is 0.113. The molecule has 10 heteroatoms. The van der Waals surface area contributed by atoms with Crippen molar-refractivity contribution < 1.29 is 9.72 Å². The summed E-state index contributed by atoms with van der Waals surface area (Å²) >= 11 is 7.43. The van der Waals surface area contributed by atoms with Crippen molar-refractivity contribution >= 4 is 56.1 Å². The number of amides is 1. The number of nitrogens with one attached hydrogen (secondary N) is 2. The van der Waals surface area contributed by atoms with Crippen molar-refractivity contribution in [1.29, 1.82) is 0 Å². The number of para-hydroxylation sites is 1. The third-order valence-corrected chi connectivity index (χ3v) is 4.91. The first-order valence-electron chi connectivity index (χ1n) is 7.83. The minimum Gasteiger partial charge on any atom is -0.350 e. The number of nitro benzene ring substituents is 1. The third-order valence-electron chi connectivity index (χ3n) is 3.60. The van der Waals surface area contributed by atoms with Gasteiger partial charge in [-0.3, -0.25) is 14.9 Å². The van der Waals surface area contributed by atoms with E-state index in [0.29, 0.717) is 15.7 Å². The number of anilines is 1. The van der Waals surface area contributed by atoms with Gasteiger partial charge in [0, 0.05) is 22.7 Å². The number of aromatic nitrogens is 1. The van der Waals surface area contributed by atoms with E-state index in [1.807, 2.05) is 24.3 Å². The number of hydrogen-bond acceptors (Lipinski definition) is 7. The van der Waals surface area contributed by atoms with E-state index in [2.05, 4.69) is 20.8 Å². The number of non-ortho nitro benzene ring substituents is 1. The summed E-state index contributed by atoms with van der Waals surface area (Å²) in [6.45, 7) is 1.68. The van der Waals surface area contributed by atoms with Crippen molar-refractivity contribution in [3.05, 3.63) is 63.2 Å². The fourth-order valence-electron chi connectivity index (χ4n) is 2.19. The Morgan fingerprint density at radius 2 is 2.15 bits per heavy atom. The number of nitro groups is 1. The van der Waals surface area contributed by atoms with Crippen molar-refractivity contribution in [3.8, 4) is 0 Å². The van der Waals surface area contributed by atoms with Gasteiger partial charge in [-0.2, -0.15) is 5.10 Å². The van der Waals surface area contributed by atoms with Gasteiger partial charge >= 0.3 is 0 Å². The number of nitrogens with zero attached hydrogens (tertiary/aromatic N) is 3. The van der Waals surface area contributed by atoms with Gasteiger partial charge in [0.2, 0.25) is 0 Å². The number of carbonyl (C=O) groups excluding carboxylic acids is 1. The zero-order chi connectivity index (χ0) is 19.4. The first kappa shape index (κ1) is 18.7. The van der Waals surface area contributed by atoms with Crippen LogP contribution >= 0.6 is 22.9 Å². The second-order valence-electron chi connectivity index (χ2n) is 5.55. The molecule has 0 aliphatic carbocycles. The highest BCUT2D eigenvalue weighted by molar-refractivity contribution is 7.22. The number of fused-ring (bicyclic) bond motifs is 1. The largest absolute Gasteiger partial charge is 0.350 e. The molecule has 0 aliphatic rings. The van der Waals surface area contributed by atoms with Crippen LogP contribution in [0.25, 0.3) is 10.2 Å². The molecule has 0 saturated carbocycles. The molecule has 0 unspecified atom stereocenters. The van der Waals surface area contributed by atoms with E-state index in [4.69, 9.17) is 11.6 Å². The summed E-state index contributed by atoms with van der Waals surface area (Å²) < 4.78 is 1.02. The van der Waals surface area contributed by atoms with E-state index < -0.39 is 11.0 Å². The number of benzene rings is 2. The van der Waals surface area contributed by atoms with Crippen LogP contribution in [0.1, 0.15) is 12.5 Å². The zero-order valence-electron chi connectivity index (χ0n) is 14.0. The lowest BCUT2D eigenvalue weighted by Crippen LogP contribution is -2.34. The van der Waals surface area contributed by atoms with Crippen molar-refractivity contribution in [2.45, 2.75) is 13.0 Å². The van der Waals surface area contributed by atoms with E-state index in [-0.39, 0.29) is 11.6 Å². The van der Waals surface area contributed by atoms with Gasteiger partial charge in [0.05, 0.1) is 21.4 Å². The van der Waals surface area contributed by atoms with E-state index in [1.165, 1.54) is 35.8 Å². The molecule has 3 rings (SSSR count). The van der Waals surface area contributed by atoms with Crippen molar-refractivity contribution in [2.24, 2.45) is 5.10 Å². The van der Waals surface area contributed by atoms with Crippen LogP contribution in [0.2, 0.25) is 5.02 Å². The quantitative estimate of drug-likeness (QED) is 0.369. The maximum atomic E-state index is 12.2. The zero-order valence-corrected chi connectivity index (χ0v) is 15.6. The summed E-state index contributed by atoms with van der Waals surface area (Å²) in [5, 5.41) is 18.6. The van der Waals surface area contributed by atoms with Gasteiger partial charge in [-0.1, -0.05) is 35.1 Å². The molecule has 1 heterocycles. The van der Waals surface area contributed by atoms with Gasteiger partial charge < -0.3 is 5.32 Å². The van der Waals surface area contributed by atoms with Crippen LogP contribution in [0.5, 0.6) is 0 Å². The molecule has 8 nitrogen and oxygen atoms in total. The number of hydrogen-bond donors (Lipinski definition) is 2. The number of rotatable bonds is 6. The van der Waals surface area contributed by atoms with Crippen LogP contribution < -0.4 is 10.7 Å². The molecule has 0 saturated heterocycles. The van der Waals surface area contributed by atoms with Gasteiger partial charge in [-0.05, 0) is 25.1 Å². The Hall–Kier alpha value is -3.04. The lowest BCUT2D eigenvalue weighted by atomic mass is 10.2. The Morgan fingerprint density at radius 1 is 1.37 bits per heavy atom. The van der Waals surface area contributed by atoms with Gasteiger partial charge in [-0.25, -0.2) is 10.4 Å². The Morgan fingerprint density at radius 3 is 2.89 bits per heavy atom. The maximum Gasteiger partial charge on any atom is 0.270 e. The van der Waals surface area contributed by atoms with Crippen molar-refractivity contribution in [3.63, 3.8) is 0 Å². The number of carbonyl (C=O) groups is 1. The average molecular weight is 404 g/mol. The van der Waals surface area contributed by atoms with E-state index in [0.717, 1.165) is 10.2 Å². The third kappa shape index (κ3) is 4.57. The molecule has 1 atom stereocenters. The highest BCUT2D eigenvalue weighted by Gasteiger charge is 2.14. The van der Waals surface area contributed by atoms with Crippen LogP contribution in [-0.2, 0) is 4.79 Å². The van der Waals surface area contributed by atoms with Crippen molar-refractivity contribution in [1.82, 2.24) is 10.4 Å². The predicted molar refractivity (Wildman–Crippen MR) is 107 cm³/mol. The lowest BCUT2D eigenvalue weighted by Gasteiger charge is -2.10. The molecule has 1 amide bonds. The number of thiazole rings is 1. The predicted octanol–water partition coefficient (Wildman–Crippen LogP) is 3.81. The molecule has 0 fully saturated rings. The molecule has 0 radical (unpaired) electrons. The summed E-state index contributed by atoms with van der Waals surface area (Å²) in [6, 6.07) is 11.1. The topological polar surface area (TPSA) is 110 Å². The summed E-state index contributed by atoms with van der Waals surface area (Å²) in [6.07, 6.45) is 1.26.